The Morgan fingerprint density at radius 2 is 1.44 bits per heavy atom. The molecule has 0 bridgehead atoms. The van der Waals surface area contributed by atoms with Crippen molar-refractivity contribution in [3.05, 3.63) is 65.0 Å². The molecule has 7 nitrogen and oxygen atoms in total. The maximum absolute atomic E-state index is 9.68. The van der Waals surface area contributed by atoms with E-state index in [9.17, 15) is 10.5 Å². The van der Waals surface area contributed by atoms with Gasteiger partial charge in [-0.3, -0.25) is 0 Å². The smallest absolute Gasteiger partial charge is 0.147 e. The molecule has 3 aromatic heterocycles. The van der Waals surface area contributed by atoms with Gasteiger partial charge in [0.05, 0.1) is 36.7 Å². The summed E-state index contributed by atoms with van der Waals surface area (Å²) in [5, 5.41) is 25.7. The van der Waals surface area contributed by atoms with Gasteiger partial charge in [0.1, 0.15) is 35.3 Å². The topological polar surface area (TPSA) is 111 Å². The summed E-state index contributed by atoms with van der Waals surface area (Å²) in [7, 11) is 0. The molecule has 0 aliphatic rings. The number of pyridine rings is 1. The largest absolute Gasteiger partial charge is 0.467 e. The average molecular weight is 361 g/mol. The van der Waals surface area contributed by atoms with Crippen LogP contribution in [-0.4, -0.2) is 4.98 Å². The number of furan rings is 2. The van der Waals surface area contributed by atoms with E-state index in [1.54, 1.807) is 24.7 Å². The summed E-state index contributed by atoms with van der Waals surface area (Å²) in [4.78, 5) is 4.51. The van der Waals surface area contributed by atoms with Gasteiger partial charge in [0.2, 0.25) is 0 Å². The number of nitrogens with zero attached hydrogens (tertiary/aromatic N) is 3. The van der Waals surface area contributed by atoms with Crippen LogP contribution in [0.5, 0.6) is 0 Å². The second-order valence-electron chi connectivity index (χ2n) is 5.88. The summed E-state index contributed by atoms with van der Waals surface area (Å²) in [6, 6.07) is 11.7. The molecule has 0 atom stereocenters. The minimum Gasteiger partial charge on any atom is -0.467 e. The van der Waals surface area contributed by atoms with E-state index < -0.39 is 0 Å². The molecule has 0 aliphatic heterocycles. The number of anilines is 2. The molecule has 0 radical (unpaired) electrons. The van der Waals surface area contributed by atoms with Gasteiger partial charge in [-0.1, -0.05) is 13.3 Å². The summed E-state index contributed by atoms with van der Waals surface area (Å²) in [5.41, 5.74) is 1.48. The summed E-state index contributed by atoms with van der Waals surface area (Å²) in [6.07, 6.45) is 4.60. The first-order chi connectivity index (χ1) is 13.3. The lowest BCUT2D eigenvalue weighted by atomic mass is 9.99. The fraction of sp³-hybridized carbons (Fsp3) is 0.250. The van der Waals surface area contributed by atoms with Gasteiger partial charge >= 0.3 is 0 Å². The quantitative estimate of drug-likeness (QED) is 0.619. The second-order valence-corrected chi connectivity index (χ2v) is 5.88. The highest BCUT2D eigenvalue weighted by molar-refractivity contribution is 5.69. The molecule has 3 aromatic rings. The normalized spacial score (nSPS) is 10.2. The van der Waals surface area contributed by atoms with Crippen molar-refractivity contribution in [1.82, 2.24) is 4.98 Å². The number of rotatable bonds is 8. The van der Waals surface area contributed by atoms with E-state index in [0.717, 1.165) is 17.9 Å². The number of hydrogen-bond donors (Lipinski definition) is 2. The lowest BCUT2D eigenvalue weighted by Gasteiger charge is -2.16. The SMILES string of the molecule is CCCc1c(C#N)c(NCc2ccco2)nc(NCc2ccco2)c1C#N. The van der Waals surface area contributed by atoms with Crippen molar-refractivity contribution < 1.29 is 8.83 Å². The van der Waals surface area contributed by atoms with E-state index in [2.05, 4.69) is 27.8 Å². The molecule has 0 fully saturated rings. The Morgan fingerprint density at radius 3 is 1.81 bits per heavy atom. The van der Waals surface area contributed by atoms with Gasteiger partial charge in [-0.05, 0) is 36.2 Å². The van der Waals surface area contributed by atoms with Gasteiger partial charge in [-0.25, -0.2) is 4.98 Å². The van der Waals surface area contributed by atoms with Crippen LogP contribution in [0.4, 0.5) is 11.6 Å². The second kappa shape index (κ2) is 8.59. The van der Waals surface area contributed by atoms with E-state index in [1.165, 1.54) is 0 Å². The number of aromatic nitrogens is 1. The van der Waals surface area contributed by atoms with Crippen LogP contribution in [0.1, 0.15) is 41.6 Å². The maximum atomic E-state index is 9.68. The third kappa shape index (κ3) is 4.10. The summed E-state index contributed by atoms with van der Waals surface area (Å²) in [6.45, 7) is 2.79. The highest BCUT2D eigenvalue weighted by atomic mass is 16.3. The first-order valence-electron chi connectivity index (χ1n) is 8.66. The predicted octanol–water partition coefficient (Wildman–Crippen LogP) is 4.19. The number of nitrogens with one attached hydrogen (secondary N) is 2. The van der Waals surface area contributed by atoms with Crippen LogP contribution < -0.4 is 10.6 Å². The fourth-order valence-electron chi connectivity index (χ4n) is 2.80. The zero-order valence-electron chi connectivity index (χ0n) is 15.0. The lowest BCUT2D eigenvalue weighted by molar-refractivity contribution is 0.517. The predicted molar refractivity (Wildman–Crippen MR) is 99.7 cm³/mol. The maximum Gasteiger partial charge on any atom is 0.147 e. The van der Waals surface area contributed by atoms with Crippen LogP contribution in [-0.2, 0) is 19.5 Å². The monoisotopic (exact) mass is 361 g/mol. The standard InChI is InChI=1S/C20H19N5O2/c1-2-5-16-17(10-21)19(23-12-14-6-3-8-26-14)25-20(18(16)11-22)24-13-15-7-4-9-27-15/h3-4,6-9H,2,5,12-13H2,1H3,(H2,23,24,25). The zero-order chi connectivity index (χ0) is 19.1. The molecule has 0 aromatic carbocycles. The van der Waals surface area contributed by atoms with E-state index >= 15 is 0 Å². The number of hydrogen-bond acceptors (Lipinski definition) is 7. The Balaban J connectivity index is 1.97. The first kappa shape index (κ1) is 18.1. The Kier molecular flexibility index (Phi) is 5.76. The molecule has 136 valence electrons. The summed E-state index contributed by atoms with van der Waals surface area (Å²) >= 11 is 0. The van der Waals surface area contributed by atoms with Gasteiger partial charge in [0.15, 0.2) is 0 Å². The molecule has 0 amide bonds. The molecule has 2 N–H and O–H groups in total. The van der Waals surface area contributed by atoms with Crippen molar-refractivity contribution in [3.63, 3.8) is 0 Å². The Hall–Kier alpha value is -3.71. The third-order valence-corrected chi connectivity index (χ3v) is 4.04. The van der Waals surface area contributed by atoms with Crippen LogP contribution in [0.3, 0.4) is 0 Å². The first-order valence-corrected chi connectivity index (χ1v) is 8.66. The minimum absolute atomic E-state index is 0.392. The summed E-state index contributed by atoms with van der Waals surface area (Å²) < 4.78 is 10.6. The highest BCUT2D eigenvalue weighted by Crippen LogP contribution is 2.28. The highest BCUT2D eigenvalue weighted by Gasteiger charge is 2.19. The molecule has 0 spiro atoms. The van der Waals surface area contributed by atoms with Gasteiger partial charge in [-0.15, -0.1) is 0 Å². The fourth-order valence-corrected chi connectivity index (χ4v) is 2.80. The van der Waals surface area contributed by atoms with Crippen molar-refractivity contribution in [3.8, 4) is 12.1 Å². The number of nitriles is 2. The van der Waals surface area contributed by atoms with E-state index in [0.29, 0.717) is 47.8 Å². The van der Waals surface area contributed by atoms with Crippen LogP contribution >= 0.6 is 0 Å². The van der Waals surface area contributed by atoms with Crippen LogP contribution in [0, 0.1) is 22.7 Å². The van der Waals surface area contributed by atoms with E-state index in [-0.39, 0.29) is 0 Å². The van der Waals surface area contributed by atoms with E-state index in [1.807, 2.05) is 19.1 Å². The Labute approximate surface area is 157 Å². The van der Waals surface area contributed by atoms with Crippen LogP contribution in [0.25, 0.3) is 0 Å². The molecular weight excluding hydrogens is 342 g/mol. The molecule has 27 heavy (non-hydrogen) atoms. The van der Waals surface area contributed by atoms with Crippen molar-refractivity contribution in [2.75, 3.05) is 10.6 Å². The average Bonchev–Trinajstić information content (AvgIpc) is 3.38. The van der Waals surface area contributed by atoms with Gasteiger partial charge < -0.3 is 19.5 Å². The van der Waals surface area contributed by atoms with Gasteiger partial charge in [0.25, 0.3) is 0 Å². The molecule has 0 saturated heterocycles. The molecule has 0 unspecified atom stereocenters. The van der Waals surface area contributed by atoms with Crippen LogP contribution in [0.15, 0.2) is 45.6 Å². The summed E-state index contributed by atoms with van der Waals surface area (Å²) in [5.74, 6) is 2.32. The molecule has 0 saturated carbocycles. The molecular formula is C20H19N5O2. The van der Waals surface area contributed by atoms with E-state index in [4.69, 9.17) is 8.83 Å². The lowest BCUT2D eigenvalue weighted by Crippen LogP contribution is -2.12. The van der Waals surface area contributed by atoms with Crippen molar-refractivity contribution in [1.29, 1.82) is 10.5 Å². The minimum atomic E-state index is 0.392. The zero-order valence-corrected chi connectivity index (χ0v) is 15.0. The van der Waals surface area contributed by atoms with Crippen molar-refractivity contribution >= 4 is 11.6 Å². The Bertz CT molecular complexity index is 889. The van der Waals surface area contributed by atoms with Crippen LogP contribution in [0.2, 0.25) is 0 Å². The Morgan fingerprint density at radius 1 is 0.926 bits per heavy atom. The molecule has 3 heterocycles. The van der Waals surface area contributed by atoms with Crippen molar-refractivity contribution in [2.24, 2.45) is 0 Å². The van der Waals surface area contributed by atoms with Gasteiger partial charge in [0, 0.05) is 0 Å². The molecule has 0 aliphatic carbocycles. The molecule has 7 heteroatoms. The van der Waals surface area contributed by atoms with Gasteiger partial charge in [-0.2, -0.15) is 10.5 Å². The third-order valence-electron chi connectivity index (χ3n) is 4.04. The van der Waals surface area contributed by atoms with Crippen molar-refractivity contribution in [2.45, 2.75) is 32.9 Å². The molecule has 3 rings (SSSR count).